The Morgan fingerprint density at radius 3 is 3.25 bits per heavy atom. The average molecular weight is 222 g/mol. The van der Waals surface area contributed by atoms with Gasteiger partial charge in [0.05, 0.1) is 0 Å². The minimum atomic E-state index is 0.194. The average Bonchev–Trinajstić information content (AvgIpc) is 2.11. The van der Waals surface area contributed by atoms with Gasteiger partial charge in [0.1, 0.15) is 10.9 Å². The molecule has 64 valence electrons. The first-order valence-corrected chi connectivity index (χ1v) is 5.42. The molecule has 2 aliphatic rings. The normalized spacial score (nSPS) is 28.5. The van der Waals surface area contributed by atoms with Gasteiger partial charge in [0, 0.05) is 23.8 Å². The van der Waals surface area contributed by atoms with E-state index in [9.17, 15) is 0 Å². The molecule has 0 spiro atoms. The summed E-state index contributed by atoms with van der Waals surface area (Å²) < 4.78 is 0. The number of rotatable bonds is 0. The summed E-state index contributed by atoms with van der Waals surface area (Å²) in [5, 5.41) is 1.13. The lowest BCUT2D eigenvalue weighted by Crippen LogP contribution is -2.69. The highest BCUT2D eigenvalue weighted by molar-refractivity contribution is 8.01. The highest BCUT2D eigenvalue weighted by Crippen LogP contribution is 2.24. The van der Waals surface area contributed by atoms with Crippen molar-refractivity contribution in [3.63, 3.8) is 0 Å². The van der Waals surface area contributed by atoms with Gasteiger partial charge in [-0.25, -0.2) is 4.99 Å². The molecule has 12 heavy (non-hydrogen) atoms. The van der Waals surface area contributed by atoms with Crippen LogP contribution in [0.1, 0.15) is 6.42 Å². The van der Waals surface area contributed by atoms with Crippen LogP contribution in [0.5, 0.6) is 0 Å². The highest BCUT2D eigenvalue weighted by atomic mass is 35.5. The summed E-state index contributed by atoms with van der Waals surface area (Å²) >= 11 is 13.5. The molecule has 0 amide bonds. The van der Waals surface area contributed by atoms with Crippen LogP contribution < -0.4 is 4.99 Å². The molecule has 2 rings (SSSR count). The Morgan fingerprint density at radius 2 is 2.42 bits per heavy atom. The summed E-state index contributed by atoms with van der Waals surface area (Å²) in [6.07, 6.45) is 3.09. The van der Waals surface area contributed by atoms with Gasteiger partial charge >= 0.3 is 5.29 Å². The quantitative estimate of drug-likeness (QED) is 0.600. The Morgan fingerprint density at radius 1 is 1.58 bits per heavy atom. The van der Waals surface area contributed by atoms with Gasteiger partial charge in [0.25, 0.3) is 0 Å². The number of fused-ring (bicyclic) bond motifs is 1. The van der Waals surface area contributed by atoms with Crippen molar-refractivity contribution in [3.8, 4) is 0 Å². The molecule has 1 atom stereocenters. The number of nitrogens with one attached hydrogen (secondary N) is 1. The van der Waals surface area contributed by atoms with Gasteiger partial charge in [-0.05, 0) is 22.7 Å². The smallest absolute Gasteiger partial charge is 0.231 e. The lowest BCUT2D eigenvalue weighted by Gasteiger charge is -2.11. The zero-order chi connectivity index (χ0) is 8.55. The van der Waals surface area contributed by atoms with Crippen LogP contribution in [0.15, 0.2) is 16.8 Å². The molecule has 1 N–H and O–H groups in total. The van der Waals surface area contributed by atoms with Gasteiger partial charge in [0.2, 0.25) is 5.17 Å². The lowest BCUT2D eigenvalue weighted by molar-refractivity contribution is -0.398. The molecule has 2 heterocycles. The number of aliphatic imine (C=N–C) groups is 1. The van der Waals surface area contributed by atoms with E-state index in [1.807, 2.05) is 0 Å². The molecule has 5 heteroatoms. The molecule has 2 bridgehead atoms. The van der Waals surface area contributed by atoms with E-state index in [-0.39, 0.29) is 5.25 Å². The second kappa shape index (κ2) is 3.40. The van der Waals surface area contributed by atoms with E-state index in [2.05, 4.69) is 16.1 Å². The third-order valence-corrected chi connectivity index (χ3v) is 3.51. The van der Waals surface area contributed by atoms with Crippen molar-refractivity contribution in [1.29, 1.82) is 0 Å². The number of thioether (sulfide) groups is 1. The number of hydrogen-bond donors (Lipinski definition) is 1. The van der Waals surface area contributed by atoms with Gasteiger partial charge < -0.3 is 0 Å². The van der Waals surface area contributed by atoms with Crippen molar-refractivity contribution in [2.45, 2.75) is 11.7 Å². The summed E-state index contributed by atoms with van der Waals surface area (Å²) in [5.74, 6) is 1.07. The Kier molecular flexibility index (Phi) is 2.44. The summed E-state index contributed by atoms with van der Waals surface area (Å²) in [5.41, 5.74) is 1.13. The number of nitrogens with zero attached hydrogens (tertiary/aromatic N) is 1. The topological polar surface area (TPSA) is 26.3 Å². The van der Waals surface area contributed by atoms with Crippen LogP contribution >= 0.6 is 35.0 Å². The van der Waals surface area contributed by atoms with E-state index >= 15 is 0 Å². The third kappa shape index (κ3) is 1.68. The van der Waals surface area contributed by atoms with E-state index in [4.69, 9.17) is 23.2 Å². The predicted molar refractivity (Wildman–Crippen MR) is 54.1 cm³/mol. The zero-order valence-corrected chi connectivity index (χ0v) is 8.51. The number of allylic oxidation sites excluding steroid dienone is 1. The van der Waals surface area contributed by atoms with E-state index in [0.717, 1.165) is 17.9 Å². The molecule has 0 aromatic carbocycles. The molecular formula is C7H7Cl2N2S+. The first-order valence-electron chi connectivity index (χ1n) is 3.61. The predicted octanol–water partition coefficient (Wildman–Crippen LogP) is 0.702. The monoisotopic (exact) mass is 221 g/mol. The minimum Gasteiger partial charge on any atom is -0.231 e. The van der Waals surface area contributed by atoms with Crippen molar-refractivity contribution < 1.29 is 4.99 Å². The van der Waals surface area contributed by atoms with Crippen LogP contribution in [0.4, 0.5) is 0 Å². The maximum absolute atomic E-state index is 5.92. The van der Waals surface area contributed by atoms with E-state index < -0.39 is 0 Å². The molecule has 0 saturated carbocycles. The minimum absolute atomic E-state index is 0.194. The SMILES string of the molecule is ClC1=NC(Cl)=[NH+]C2=CC1SCC2. The second-order valence-electron chi connectivity index (χ2n) is 2.58. The number of halogens is 2. The second-order valence-corrected chi connectivity index (χ2v) is 4.58. The Hall–Kier alpha value is 0.01000. The summed E-state index contributed by atoms with van der Waals surface area (Å²) in [6.45, 7) is 0. The van der Waals surface area contributed by atoms with Crippen molar-refractivity contribution in [2.24, 2.45) is 4.99 Å². The molecule has 0 aliphatic carbocycles. The molecule has 2 nitrogen and oxygen atoms in total. The highest BCUT2D eigenvalue weighted by Gasteiger charge is 2.26. The molecule has 0 saturated heterocycles. The fraction of sp³-hybridized carbons (Fsp3) is 0.429. The standard InChI is InChI=1S/C7H6Cl2N2S/c8-6-5-3-4(1-2-12-5)10-7(9)11-6/h3,5H,1-2H2/p+1. The van der Waals surface area contributed by atoms with Crippen molar-refractivity contribution in [3.05, 3.63) is 11.8 Å². The number of hydrogen-bond acceptors (Lipinski definition) is 2. The van der Waals surface area contributed by atoms with Gasteiger partial charge in [-0.1, -0.05) is 0 Å². The van der Waals surface area contributed by atoms with Crippen molar-refractivity contribution in [1.82, 2.24) is 0 Å². The van der Waals surface area contributed by atoms with E-state index in [1.165, 1.54) is 0 Å². The van der Waals surface area contributed by atoms with Crippen LogP contribution in [0.3, 0.4) is 0 Å². The Labute approximate surface area is 84.7 Å². The van der Waals surface area contributed by atoms with Crippen LogP contribution in [0, 0.1) is 0 Å². The van der Waals surface area contributed by atoms with Crippen molar-refractivity contribution >= 4 is 45.4 Å². The van der Waals surface area contributed by atoms with Gasteiger partial charge in [-0.3, -0.25) is 0 Å². The van der Waals surface area contributed by atoms with Gasteiger partial charge in [-0.2, -0.15) is 0 Å². The Bertz CT molecular complexity index is 296. The largest absolute Gasteiger partial charge is 0.395 e. The summed E-state index contributed by atoms with van der Waals surface area (Å²) in [6, 6.07) is 0. The first-order chi connectivity index (χ1) is 5.75. The van der Waals surface area contributed by atoms with Crippen LogP contribution in [0.2, 0.25) is 0 Å². The van der Waals surface area contributed by atoms with E-state index in [0.29, 0.717) is 10.5 Å². The van der Waals surface area contributed by atoms with E-state index in [1.54, 1.807) is 11.8 Å². The summed E-state index contributed by atoms with van der Waals surface area (Å²) in [7, 11) is 0. The van der Waals surface area contributed by atoms with Crippen LogP contribution in [-0.4, -0.2) is 21.5 Å². The third-order valence-electron chi connectivity index (χ3n) is 1.72. The van der Waals surface area contributed by atoms with Crippen LogP contribution in [0.25, 0.3) is 0 Å². The Balaban J connectivity index is 2.39. The molecular weight excluding hydrogens is 215 g/mol. The number of amidine groups is 1. The summed E-state index contributed by atoms with van der Waals surface area (Å²) in [4.78, 5) is 7.00. The molecule has 1 unspecified atom stereocenters. The lowest BCUT2D eigenvalue weighted by atomic mass is 10.3. The molecule has 0 fully saturated rings. The van der Waals surface area contributed by atoms with Gasteiger partial charge in [0.15, 0.2) is 0 Å². The molecule has 0 radical (unpaired) electrons. The zero-order valence-electron chi connectivity index (χ0n) is 6.18. The van der Waals surface area contributed by atoms with Gasteiger partial charge in [-0.15, -0.1) is 11.8 Å². The molecule has 0 aromatic heterocycles. The van der Waals surface area contributed by atoms with Crippen LogP contribution in [-0.2, 0) is 0 Å². The molecule has 0 aromatic rings. The maximum atomic E-state index is 5.92. The van der Waals surface area contributed by atoms with Crippen molar-refractivity contribution in [2.75, 3.05) is 5.75 Å². The fourth-order valence-electron chi connectivity index (χ4n) is 1.17. The maximum Gasteiger partial charge on any atom is 0.395 e. The fourth-order valence-corrected chi connectivity index (χ4v) is 2.80. The first kappa shape index (κ1) is 8.60. The molecule has 2 aliphatic heterocycles.